The molecule has 1 atom stereocenters. The summed E-state index contributed by atoms with van der Waals surface area (Å²) in [5.74, 6) is 1.17. The number of guanidine groups is 1. The van der Waals surface area contributed by atoms with Crippen molar-refractivity contribution in [1.29, 1.82) is 0 Å². The highest BCUT2D eigenvalue weighted by Crippen LogP contribution is 2.22. The first kappa shape index (κ1) is 21.6. The van der Waals surface area contributed by atoms with Gasteiger partial charge in [-0.3, -0.25) is 9.79 Å². The Balaban J connectivity index is 1.32. The first-order valence-corrected chi connectivity index (χ1v) is 10.3. The fourth-order valence-electron chi connectivity index (χ4n) is 3.36. The van der Waals surface area contributed by atoms with Gasteiger partial charge in [-0.25, -0.2) is 4.39 Å². The summed E-state index contributed by atoms with van der Waals surface area (Å²) in [6, 6.07) is 14.2. The van der Waals surface area contributed by atoms with Crippen LogP contribution in [0, 0.1) is 5.82 Å². The van der Waals surface area contributed by atoms with E-state index in [1.54, 1.807) is 19.2 Å². The zero-order valence-corrected chi connectivity index (χ0v) is 17.5. The number of rotatable bonds is 8. The lowest BCUT2D eigenvalue weighted by atomic mass is 10.1. The number of carbonyl (C=O) groups excluding carboxylic acids is 1. The van der Waals surface area contributed by atoms with Crippen LogP contribution in [0.5, 0.6) is 5.75 Å². The van der Waals surface area contributed by atoms with E-state index in [2.05, 4.69) is 27.8 Å². The van der Waals surface area contributed by atoms with Crippen molar-refractivity contribution in [3.05, 3.63) is 65.5 Å². The van der Waals surface area contributed by atoms with Gasteiger partial charge in [0.05, 0.1) is 6.54 Å². The van der Waals surface area contributed by atoms with E-state index in [-0.39, 0.29) is 17.8 Å². The van der Waals surface area contributed by atoms with Gasteiger partial charge in [0, 0.05) is 33.1 Å². The van der Waals surface area contributed by atoms with Gasteiger partial charge < -0.3 is 20.3 Å². The number of hydrogen-bond acceptors (Lipinski definition) is 3. The number of nitrogens with one attached hydrogen (secondary N) is 2. The quantitative estimate of drug-likeness (QED) is 0.397. The average molecular weight is 413 g/mol. The van der Waals surface area contributed by atoms with E-state index in [0.29, 0.717) is 44.3 Å². The fraction of sp³-hybridized carbons (Fsp3) is 0.391. The molecule has 0 spiro atoms. The van der Waals surface area contributed by atoms with Crippen LogP contribution >= 0.6 is 0 Å². The normalized spacial score (nSPS) is 14.2. The summed E-state index contributed by atoms with van der Waals surface area (Å²) in [5, 5.41) is 6.42. The van der Waals surface area contributed by atoms with Crippen LogP contribution in [0.3, 0.4) is 0 Å². The van der Waals surface area contributed by atoms with Crippen molar-refractivity contribution in [2.24, 2.45) is 4.99 Å². The van der Waals surface area contributed by atoms with Crippen LogP contribution in [0.2, 0.25) is 0 Å². The first-order valence-electron chi connectivity index (χ1n) is 10.3. The predicted molar refractivity (Wildman–Crippen MR) is 116 cm³/mol. The number of halogens is 1. The Morgan fingerprint density at radius 1 is 1.13 bits per heavy atom. The molecule has 1 aliphatic heterocycles. The maximum atomic E-state index is 13.0. The summed E-state index contributed by atoms with van der Waals surface area (Å²) >= 11 is 0. The molecule has 2 aromatic carbocycles. The van der Waals surface area contributed by atoms with E-state index in [4.69, 9.17) is 4.74 Å². The van der Waals surface area contributed by atoms with Gasteiger partial charge in [-0.1, -0.05) is 24.3 Å². The number of aliphatic imine (C=N–C) groups is 1. The molecule has 30 heavy (non-hydrogen) atoms. The maximum absolute atomic E-state index is 13.0. The van der Waals surface area contributed by atoms with E-state index < -0.39 is 0 Å². The van der Waals surface area contributed by atoms with Crippen LogP contribution in [0.4, 0.5) is 4.39 Å². The third-order valence-corrected chi connectivity index (χ3v) is 4.98. The highest BCUT2D eigenvalue weighted by atomic mass is 19.1. The third kappa shape index (κ3) is 6.20. The SMILES string of the molecule is CN=C(NCCCC(=O)N1Cc2ccccc2C1)NCC(C)Oc1ccc(F)cc1. The molecule has 0 fully saturated rings. The largest absolute Gasteiger partial charge is 0.489 e. The molecule has 1 amide bonds. The lowest BCUT2D eigenvalue weighted by Gasteiger charge is -2.18. The number of amides is 1. The molecule has 2 N–H and O–H groups in total. The van der Waals surface area contributed by atoms with Crippen molar-refractivity contribution >= 4 is 11.9 Å². The second-order valence-electron chi connectivity index (χ2n) is 7.38. The Hall–Kier alpha value is -3.09. The molecular weight excluding hydrogens is 383 g/mol. The van der Waals surface area contributed by atoms with Gasteiger partial charge in [0.25, 0.3) is 0 Å². The fourth-order valence-corrected chi connectivity index (χ4v) is 3.36. The standard InChI is InChI=1S/C23H29FN4O2/c1-17(30-21-11-9-20(24)10-12-21)14-27-23(25-2)26-13-5-8-22(29)28-15-18-6-3-4-7-19(18)16-28/h3-4,6-7,9-12,17H,5,8,13-16H2,1-2H3,(H2,25,26,27). The van der Waals surface area contributed by atoms with Crippen molar-refractivity contribution < 1.29 is 13.9 Å². The highest BCUT2D eigenvalue weighted by Gasteiger charge is 2.22. The molecule has 0 radical (unpaired) electrons. The van der Waals surface area contributed by atoms with Crippen LogP contribution in [0.15, 0.2) is 53.5 Å². The minimum Gasteiger partial charge on any atom is -0.489 e. The zero-order valence-electron chi connectivity index (χ0n) is 17.5. The summed E-state index contributed by atoms with van der Waals surface area (Å²) in [4.78, 5) is 18.6. The smallest absolute Gasteiger partial charge is 0.223 e. The monoisotopic (exact) mass is 412 g/mol. The molecule has 1 heterocycles. The van der Waals surface area contributed by atoms with Crippen molar-refractivity contribution in [3.8, 4) is 5.75 Å². The minimum absolute atomic E-state index is 0.118. The van der Waals surface area contributed by atoms with Gasteiger partial charge in [-0.05, 0) is 48.7 Å². The number of nitrogens with zero attached hydrogens (tertiary/aromatic N) is 2. The van der Waals surface area contributed by atoms with Crippen LogP contribution < -0.4 is 15.4 Å². The summed E-state index contributed by atoms with van der Waals surface area (Å²) in [7, 11) is 1.70. The lowest BCUT2D eigenvalue weighted by Crippen LogP contribution is -2.42. The molecule has 7 heteroatoms. The summed E-state index contributed by atoms with van der Waals surface area (Å²) in [5.41, 5.74) is 2.48. The molecule has 1 unspecified atom stereocenters. The number of ether oxygens (including phenoxy) is 1. The summed E-state index contributed by atoms with van der Waals surface area (Å²) in [6.45, 7) is 4.53. The van der Waals surface area contributed by atoms with Gasteiger partial charge in [0.15, 0.2) is 5.96 Å². The third-order valence-electron chi connectivity index (χ3n) is 4.98. The second-order valence-corrected chi connectivity index (χ2v) is 7.38. The van der Waals surface area contributed by atoms with E-state index in [9.17, 15) is 9.18 Å². The molecule has 6 nitrogen and oxygen atoms in total. The Kier molecular flexibility index (Phi) is 7.65. The van der Waals surface area contributed by atoms with Gasteiger partial charge in [-0.2, -0.15) is 0 Å². The predicted octanol–water partition coefficient (Wildman–Crippen LogP) is 3.08. The van der Waals surface area contributed by atoms with Crippen molar-refractivity contribution in [3.63, 3.8) is 0 Å². The molecule has 0 aromatic heterocycles. The van der Waals surface area contributed by atoms with Crippen molar-refractivity contribution in [2.45, 2.75) is 39.0 Å². The molecule has 0 saturated heterocycles. The molecule has 0 bridgehead atoms. The Morgan fingerprint density at radius 3 is 2.43 bits per heavy atom. The van der Waals surface area contributed by atoms with E-state index in [0.717, 1.165) is 6.42 Å². The first-order chi connectivity index (χ1) is 14.5. The van der Waals surface area contributed by atoms with Crippen LogP contribution in [-0.4, -0.2) is 43.0 Å². The topological polar surface area (TPSA) is 66.0 Å². The Morgan fingerprint density at radius 2 is 1.80 bits per heavy atom. The zero-order chi connectivity index (χ0) is 21.3. The lowest BCUT2D eigenvalue weighted by molar-refractivity contribution is -0.131. The maximum Gasteiger partial charge on any atom is 0.223 e. The molecule has 1 aliphatic rings. The van der Waals surface area contributed by atoms with Crippen LogP contribution in [0.1, 0.15) is 30.9 Å². The van der Waals surface area contributed by atoms with Crippen LogP contribution in [0.25, 0.3) is 0 Å². The Bertz CT molecular complexity index is 845. The van der Waals surface area contributed by atoms with E-state index >= 15 is 0 Å². The van der Waals surface area contributed by atoms with Gasteiger partial charge in [-0.15, -0.1) is 0 Å². The molecular formula is C23H29FN4O2. The number of fused-ring (bicyclic) bond motifs is 1. The van der Waals surface area contributed by atoms with Gasteiger partial charge >= 0.3 is 0 Å². The van der Waals surface area contributed by atoms with Crippen LogP contribution in [-0.2, 0) is 17.9 Å². The van der Waals surface area contributed by atoms with Gasteiger partial charge in [0.1, 0.15) is 17.7 Å². The highest BCUT2D eigenvalue weighted by molar-refractivity contribution is 5.80. The Labute approximate surface area is 177 Å². The number of carbonyl (C=O) groups is 1. The van der Waals surface area contributed by atoms with E-state index in [1.807, 2.05) is 24.0 Å². The van der Waals surface area contributed by atoms with E-state index in [1.165, 1.54) is 23.3 Å². The number of hydrogen-bond donors (Lipinski definition) is 2. The molecule has 2 aromatic rings. The molecule has 160 valence electrons. The summed E-state index contributed by atoms with van der Waals surface area (Å²) in [6.07, 6.45) is 1.11. The minimum atomic E-state index is -0.287. The second kappa shape index (κ2) is 10.6. The summed E-state index contributed by atoms with van der Waals surface area (Å²) < 4.78 is 18.7. The molecule has 0 aliphatic carbocycles. The van der Waals surface area contributed by atoms with Crippen molar-refractivity contribution in [1.82, 2.24) is 15.5 Å². The molecule has 0 saturated carbocycles. The van der Waals surface area contributed by atoms with Gasteiger partial charge in [0.2, 0.25) is 5.91 Å². The molecule has 3 rings (SSSR count). The average Bonchev–Trinajstić information content (AvgIpc) is 3.19. The number of benzene rings is 2. The van der Waals surface area contributed by atoms with Crippen molar-refractivity contribution in [2.75, 3.05) is 20.1 Å².